The highest BCUT2D eigenvalue weighted by Gasteiger charge is 2.37. The van der Waals surface area contributed by atoms with Gasteiger partial charge in [0.2, 0.25) is 0 Å². The Morgan fingerprint density at radius 2 is 1.84 bits per heavy atom. The van der Waals surface area contributed by atoms with Gasteiger partial charge in [0.15, 0.2) is 5.11 Å². The van der Waals surface area contributed by atoms with E-state index < -0.39 is 4.92 Å². The van der Waals surface area contributed by atoms with E-state index in [1.807, 2.05) is 6.92 Å². The Labute approximate surface area is 189 Å². The summed E-state index contributed by atoms with van der Waals surface area (Å²) < 4.78 is 11.2. The molecule has 1 aliphatic rings. The van der Waals surface area contributed by atoms with Crippen molar-refractivity contribution < 1.29 is 18.9 Å². The average molecular weight is 449 g/mol. The molecular formula is C23H19N3O5S. The number of para-hydroxylation sites is 1. The molecule has 0 saturated carbocycles. The molecule has 2 heterocycles. The second kappa shape index (κ2) is 8.64. The lowest BCUT2D eigenvalue weighted by molar-refractivity contribution is -0.384. The molecule has 4 rings (SSSR count). The predicted octanol–water partition coefficient (Wildman–Crippen LogP) is 4.86. The van der Waals surface area contributed by atoms with Crippen LogP contribution in [0.4, 0.5) is 11.4 Å². The lowest BCUT2D eigenvalue weighted by atomic mass is 10.1. The first-order valence-corrected chi connectivity index (χ1v) is 10.2. The molecule has 0 bridgehead atoms. The predicted molar refractivity (Wildman–Crippen MR) is 124 cm³/mol. The SMILES string of the molecule is CCOc1ccc(N2C(=O)/C(=C/c3ccc(-c4ccccc4[N+](=O)[O-])o3)N(C)C2=S)cc1. The Kier molecular flexibility index (Phi) is 5.74. The number of furan rings is 1. The van der Waals surface area contributed by atoms with Crippen molar-refractivity contribution >= 4 is 40.7 Å². The quantitative estimate of drug-likeness (QED) is 0.230. The molecule has 1 amide bonds. The van der Waals surface area contributed by atoms with Crippen LogP contribution in [0, 0.1) is 10.1 Å². The number of ether oxygens (including phenoxy) is 1. The highest BCUT2D eigenvalue weighted by Crippen LogP contribution is 2.33. The van der Waals surface area contributed by atoms with Crippen LogP contribution < -0.4 is 9.64 Å². The van der Waals surface area contributed by atoms with Crippen molar-refractivity contribution in [2.45, 2.75) is 6.92 Å². The third-order valence-electron chi connectivity index (χ3n) is 4.94. The second-order valence-corrected chi connectivity index (χ2v) is 7.28. The summed E-state index contributed by atoms with van der Waals surface area (Å²) in [6.45, 7) is 2.45. The topological polar surface area (TPSA) is 89.1 Å². The normalized spacial score (nSPS) is 15.0. The molecule has 1 aliphatic heterocycles. The van der Waals surface area contributed by atoms with Crippen molar-refractivity contribution in [1.82, 2.24) is 4.90 Å². The van der Waals surface area contributed by atoms with Crippen molar-refractivity contribution in [1.29, 1.82) is 0 Å². The summed E-state index contributed by atoms with van der Waals surface area (Å²) in [7, 11) is 1.70. The highest BCUT2D eigenvalue weighted by molar-refractivity contribution is 7.80. The number of amides is 1. The number of thiocarbonyl (C=S) groups is 1. The van der Waals surface area contributed by atoms with Gasteiger partial charge in [0.05, 0.1) is 22.8 Å². The Morgan fingerprint density at radius 3 is 2.53 bits per heavy atom. The van der Waals surface area contributed by atoms with Gasteiger partial charge in [-0.1, -0.05) is 12.1 Å². The first-order chi connectivity index (χ1) is 15.4. The molecule has 0 N–H and O–H groups in total. The fourth-order valence-corrected chi connectivity index (χ4v) is 3.68. The van der Waals surface area contributed by atoms with Crippen LogP contribution in [0.5, 0.6) is 5.75 Å². The zero-order valence-electron chi connectivity index (χ0n) is 17.3. The van der Waals surface area contributed by atoms with E-state index in [1.54, 1.807) is 72.6 Å². The van der Waals surface area contributed by atoms with Gasteiger partial charge in [-0.05, 0) is 61.6 Å². The summed E-state index contributed by atoms with van der Waals surface area (Å²) in [5.41, 5.74) is 1.25. The smallest absolute Gasteiger partial charge is 0.281 e. The monoisotopic (exact) mass is 449 g/mol. The molecule has 0 aliphatic carbocycles. The van der Waals surface area contributed by atoms with E-state index in [1.165, 1.54) is 11.0 Å². The van der Waals surface area contributed by atoms with E-state index in [0.29, 0.717) is 45.9 Å². The van der Waals surface area contributed by atoms with Crippen molar-refractivity contribution in [2.24, 2.45) is 0 Å². The Balaban J connectivity index is 1.63. The Morgan fingerprint density at radius 1 is 1.12 bits per heavy atom. The lowest BCUT2D eigenvalue weighted by Gasteiger charge is -2.16. The summed E-state index contributed by atoms with van der Waals surface area (Å²) in [6, 6.07) is 16.7. The molecule has 0 atom stereocenters. The molecule has 1 aromatic heterocycles. The van der Waals surface area contributed by atoms with Gasteiger partial charge >= 0.3 is 0 Å². The molecule has 0 radical (unpaired) electrons. The highest BCUT2D eigenvalue weighted by atomic mass is 32.1. The number of benzene rings is 2. The Bertz CT molecular complexity index is 1230. The molecule has 0 spiro atoms. The number of hydrogen-bond acceptors (Lipinski definition) is 6. The maximum Gasteiger partial charge on any atom is 0.281 e. The van der Waals surface area contributed by atoms with Gasteiger partial charge in [0, 0.05) is 19.2 Å². The standard InChI is InChI=1S/C23H19N3O5S/c1-3-30-16-10-8-15(9-11-16)25-22(27)20(24(2)23(25)32)14-17-12-13-21(31-17)18-6-4-5-7-19(18)26(28)29/h4-14H,3H2,1-2H3/b20-14-. The number of nitro benzene ring substituents is 1. The zero-order chi connectivity index (χ0) is 22.8. The number of rotatable bonds is 6. The summed E-state index contributed by atoms with van der Waals surface area (Å²) in [6.07, 6.45) is 1.57. The number of nitrogens with zero attached hydrogens (tertiary/aromatic N) is 3. The van der Waals surface area contributed by atoms with Gasteiger partial charge in [-0.25, -0.2) is 0 Å². The lowest BCUT2D eigenvalue weighted by Crippen LogP contribution is -2.31. The van der Waals surface area contributed by atoms with Crippen LogP contribution in [-0.4, -0.2) is 34.5 Å². The molecule has 3 aromatic rings. The van der Waals surface area contributed by atoms with Gasteiger partial charge in [-0.15, -0.1) is 0 Å². The van der Waals surface area contributed by atoms with Crippen LogP contribution in [-0.2, 0) is 4.79 Å². The number of carbonyl (C=O) groups is 1. The average Bonchev–Trinajstić information content (AvgIpc) is 3.34. The maximum absolute atomic E-state index is 13.1. The van der Waals surface area contributed by atoms with E-state index in [9.17, 15) is 14.9 Å². The van der Waals surface area contributed by atoms with Crippen LogP contribution in [0.15, 0.2) is 70.8 Å². The maximum atomic E-state index is 13.1. The molecule has 32 heavy (non-hydrogen) atoms. The molecule has 162 valence electrons. The van der Waals surface area contributed by atoms with Crippen molar-refractivity contribution in [3.63, 3.8) is 0 Å². The van der Waals surface area contributed by atoms with Crippen LogP contribution in [0.2, 0.25) is 0 Å². The van der Waals surface area contributed by atoms with E-state index in [-0.39, 0.29) is 11.6 Å². The van der Waals surface area contributed by atoms with Gasteiger partial charge in [-0.3, -0.25) is 19.8 Å². The number of nitro groups is 1. The third-order valence-corrected chi connectivity index (χ3v) is 5.40. The number of anilines is 1. The number of likely N-dealkylation sites (N-methyl/N-ethyl adjacent to an activating group) is 1. The molecule has 1 fully saturated rings. The summed E-state index contributed by atoms with van der Waals surface area (Å²) in [4.78, 5) is 27.0. The minimum atomic E-state index is -0.461. The molecule has 2 aromatic carbocycles. The molecule has 8 nitrogen and oxygen atoms in total. The minimum absolute atomic E-state index is 0.0574. The van der Waals surface area contributed by atoms with Crippen molar-refractivity contribution in [2.75, 3.05) is 18.6 Å². The van der Waals surface area contributed by atoms with E-state index in [2.05, 4.69) is 0 Å². The molecule has 1 saturated heterocycles. The third kappa shape index (κ3) is 3.85. The van der Waals surface area contributed by atoms with Crippen LogP contribution >= 0.6 is 12.2 Å². The second-order valence-electron chi connectivity index (χ2n) is 6.91. The summed E-state index contributed by atoms with van der Waals surface area (Å²) in [5.74, 6) is 1.12. The first kappa shape index (κ1) is 21.3. The zero-order valence-corrected chi connectivity index (χ0v) is 18.2. The van der Waals surface area contributed by atoms with Gasteiger partial charge in [-0.2, -0.15) is 0 Å². The molecule has 0 unspecified atom stereocenters. The number of carbonyl (C=O) groups excluding carboxylic acids is 1. The first-order valence-electron chi connectivity index (χ1n) is 9.81. The van der Waals surface area contributed by atoms with Gasteiger partial charge in [0.1, 0.15) is 23.0 Å². The van der Waals surface area contributed by atoms with Crippen LogP contribution in [0.1, 0.15) is 12.7 Å². The number of hydrogen-bond donors (Lipinski definition) is 0. The molecular weight excluding hydrogens is 430 g/mol. The van der Waals surface area contributed by atoms with Gasteiger partial charge < -0.3 is 14.1 Å². The van der Waals surface area contributed by atoms with Gasteiger partial charge in [0.25, 0.3) is 11.6 Å². The molecule has 9 heteroatoms. The van der Waals surface area contributed by atoms with Crippen molar-refractivity contribution in [3.05, 3.63) is 82.2 Å². The summed E-state index contributed by atoms with van der Waals surface area (Å²) >= 11 is 5.48. The largest absolute Gasteiger partial charge is 0.494 e. The fourth-order valence-electron chi connectivity index (χ4n) is 3.39. The Hall–Kier alpha value is -3.98. The van der Waals surface area contributed by atoms with E-state index >= 15 is 0 Å². The van der Waals surface area contributed by atoms with Crippen molar-refractivity contribution in [3.8, 4) is 17.1 Å². The minimum Gasteiger partial charge on any atom is -0.494 e. The van der Waals surface area contributed by atoms with E-state index in [0.717, 1.165) is 0 Å². The van der Waals surface area contributed by atoms with E-state index in [4.69, 9.17) is 21.4 Å². The van der Waals surface area contributed by atoms with Crippen LogP contribution in [0.3, 0.4) is 0 Å². The fraction of sp³-hybridized carbons (Fsp3) is 0.130. The summed E-state index contributed by atoms with van der Waals surface area (Å²) in [5, 5.41) is 11.6. The van der Waals surface area contributed by atoms with Crippen LogP contribution in [0.25, 0.3) is 17.4 Å².